The number of nitrogens with zero attached hydrogens (tertiary/aromatic N) is 3. The summed E-state index contributed by atoms with van der Waals surface area (Å²) in [6, 6.07) is 12.0. The van der Waals surface area contributed by atoms with E-state index in [1.54, 1.807) is 0 Å². The van der Waals surface area contributed by atoms with Gasteiger partial charge in [-0.1, -0.05) is 18.2 Å². The zero-order chi connectivity index (χ0) is 14.5. The van der Waals surface area contributed by atoms with E-state index in [1.807, 2.05) is 42.1 Å². The van der Waals surface area contributed by atoms with E-state index in [-0.39, 0.29) is 0 Å². The van der Waals surface area contributed by atoms with Crippen LogP contribution in [-0.2, 0) is 0 Å². The van der Waals surface area contributed by atoms with Crippen molar-refractivity contribution in [2.45, 2.75) is 0 Å². The van der Waals surface area contributed by atoms with Crippen molar-refractivity contribution in [3.05, 3.63) is 35.9 Å². The molecule has 4 nitrogen and oxygen atoms in total. The maximum atomic E-state index is 9.28. The van der Waals surface area contributed by atoms with Gasteiger partial charge in [-0.05, 0) is 12.1 Å². The third kappa shape index (κ3) is 3.46. The van der Waals surface area contributed by atoms with Crippen LogP contribution in [0.3, 0.4) is 0 Å². The number of aromatic nitrogens is 1. The second-order valence-corrected chi connectivity index (χ2v) is 6.29. The number of benzene rings is 1. The normalized spacial score (nSPS) is 15.8. The topological polar surface area (TPSA) is 52.0 Å². The molecule has 0 bridgehead atoms. The van der Waals surface area contributed by atoms with Crippen molar-refractivity contribution in [1.82, 2.24) is 9.88 Å². The minimum atomic E-state index is 0.614. The molecule has 108 valence electrons. The van der Waals surface area contributed by atoms with Gasteiger partial charge in [-0.15, -0.1) is 0 Å². The highest BCUT2D eigenvalue weighted by Crippen LogP contribution is 2.19. The van der Waals surface area contributed by atoms with Gasteiger partial charge in [0, 0.05) is 43.1 Å². The number of anilines is 1. The quantitative estimate of drug-likeness (QED) is 0.940. The monoisotopic (exact) mass is 298 g/mol. The van der Waals surface area contributed by atoms with Crippen LogP contribution < -0.4 is 5.32 Å². The van der Waals surface area contributed by atoms with Gasteiger partial charge in [-0.25, -0.2) is 4.98 Å². The molecule has 1 N–H and O–H groups in total. The number of pyridine rings is 1. The van der Waals surface area contributed by atoms with E-state index >= 15 is 0 Å². The maximum Gasteiger partial charge on any atom is 0.144 e. The molecule has 2 aromatic rings. The van der Waals surface area contributed by atoms with E-state index in [0.717, 1.165) is 37.1 Å². The molecule has 0 spiro atoms. The molecule has 1 fully saturated rings. The first-order chi connectivity index (χ1) is 10.4. The molecule has 1 saturated heterocycles. The largest absolute Gasteiger partial charge is 0.368 e. The smallest absolute Gasteiger partial charge is 0.144 e. The van der Waals surface area contributed by atoms with Crippen molar-refractivity contribution in [2.75, 3.05) is 43.0 Å². The SMILES string of the molecule is N#Cc1cc2ccccc2nc1NCCN1CCSCC1. The molecule has 1 aromatic carbocycles. The van der Waals surface area contributed by atoms with Crippen molar-refractivity contribution >= 4 is 28.5 Å². The fourth-order valence-electron chi connectivity index (χ4n) is 2.49. The molecule has 0 atom stereocenters. The summed E-state index contributed by atoms with van der Waals surface area (Å²) in [4.78, 5) is 7.03. The molecule has 0 radical (unpaired) electrons. The van der Waals surface area contributed by atoms with Crippen LogP contribution in [0.25, 0.3) is 10.9 Å². The first-order valence-corrected chi connectivity index (χ1v) is 8.36. The Labute approximate surface area is 129 Å². The lowest BCUT2D eigenvalue weighted by Crippen LogP contribution is -2.36. The van der Waals surface area contributed by atoms with E-state index < -0.39 is 0 Å². The van der Waals surface area contributed by atoms with Crippen LogP contribution >= 0.6 is 11.8 Å². The summed E-state index contributed by atoms with van der Waals surface area (Å²) in [5, 5.41) is 13.6. The number of hydrogen-bond donors (Lipinski definition) is 1. The van der Waals surface area contributed by atoms with Gasteiger partial charge >= 0.3 is 0 Å². The summed E-state index contributed by atoms with van der Waals surface area (Å²) in [6.45, 7) is 4.13. The summed E-state index contributed by atoms with van der Waals surface area (Å²) < 4.78 is 0. The van der Waals surface area contributed by atoms with Gasteiger partial charge in [-0.2, -0.15) is 17.0 Å². The average molecular weight is 298 g/mol. The molecule has 2 heterocycles. The lowest BCUT2D eigenvalue weighted by molar-refractivity contribution is 0.314. The highest BCUT2D eigenvalue weighted by molar-refractivity contribution is 7.99. The molecule has 1 aliphatic heterocycles. The average Bonchev–Trinajstić information content (AvgIpc) is 2.55. The Morgan fingerprint density at radius 3 is 2.90 bits per heavy atom. The van der Waals surface area contributed by atoms with Gasteiger partial charge in [0.05, 0.1) is 11.1 Å². The Hall–Kier alpha value is -1.77. The summed E-state index contributed by atoms with van der Waals surface area (Å²) in [5.74, 6) is 3.14. The number of rotatable bonds is 4. The lowest BCUT2D eigenvalue weighted by atomic mass is 10.1. The van der Waals surface area contributed by atoms with Gasteiger partial charge in [0.2, 0.25) is 0 Å². The zero-order valence-corrected chi connectivity index (χ0v) is 12.7. The molecular formula is C16H18N4S. The number of nitrogens with one attached hydrogen (secondary N) is 1. The predicted octanol–water partition coefficient (Wildman–Crippen LogP) is 2.57. The molecule has 1 aliphatic rings. The Kier molecular flexibility index (Phi) is 4.59. The highest BCUT2D eigenvalue weighted by Gasteiger charge is 2.10. The van der Waals surface area contributed by atoms with Crippen LogP contribution in [0.5, 0.6) is 0 Å². The van der Waals surface area contributed by atoms with Crippen LogP contribution in [0.15, 0.2) is 30.3 Å². The third-order valence-electron chi connectivity index (χ3n) is 3.67. The van der Waals surface area contributed by atoms with Crippen molar-refractivity contribution in [3.8, 4) is 6.07 Å². The number of nitriles is 1. The Balaban J connectivity index is 1.69. The van der Waals surface area contributed by atoms with Crippen LogP contribution in [0.1, 0.15) is 5.56 Å². The van der Waals surface area contributed by atoms with Gasteiger partial charge < -0.3 is 5.32 Å². The molecule has 0 saturated carbocycles. The van der Waals surface area contributed by atoms with Crippen molar-refractivity contribution < 1.29 is 0 Å². The van der Waals surface area contributed by atoms with Gasteiger partial charge in [0.15, 0.2) is 0 Å². The van der Waals surface area contributed by atoms with Gasteiger partial charge in [0.1, 0.15) is 11.9 Å². The third-order valence-corrected chi connectivity index (χ3v) is 4.61. The lowest BCUT2D eigenvalue weighted by Gasteiger charge is -2.26. The van der Waals surface area contributed by atoms with E-state index in [0.29, 0.717) is 11.4 Å². The van der Waals surface area contributed by atoms with E-state index in [9.17, 15) is 5.26 Å². The molecule has 0 amide bonds. The molecule has 0 unspecified atom stereocenters. The molecule has 5 heteroatoms. The first-order valence-electron chi connectivity index (χ1n) is 7.21. The summed E-state index contributed by atoms with van der Waals surface area (Å²) in [5.41, 5.74) is 1.54. The Bertz CT molecular complexity index is 659. The van der Waals surface area contributed by atoms with Gasteiger partial charge in [-0.3, -0.25) is 4.90 Å². The first kappa shape index (κ1) is 14.2. The molecular weight excluding hydrogens is 280 g/mol. The fraction of sp³-hybridized carbons (Fsp3) is 0.375. The van der Waals surface area contributed by atoms with Crippen molar-refractivity contribution in [1.29, 1.82) is 5.26 Å². The second kappa shape index (κ2) is 6.79. The van der Waals surface area contributed by atoms with E-state index in [4.69, 9.17) is 0 Å². The number of hydrogen-bond acceptors (Lipinski definition) is 5. The molecule has 3 rings (SSSR count). The standard InChI is InChI=1S/C16H18N4S/c17-12-14-11-13-3-1-2-4-15(13)19-16(14)18-5-6-20-7-9-21-10-8-20/h1-4,11H,5-10H2,(H,18,19). The predicted molar refractivity (Wildman–Crippen MR) is 88.7 cm³/mol. The van der Waals surface area contributed by atoms with Crippen LogP contribution in [0.2, 0.25) is 0 Å². The highest BCUT2D eigenvalue weighted by atomic mass is 32.2. The van der Waals surface area contributed by atoms with Crippen LogP contribution in [0.4, 0.5) is 5.82 Å². The molecule has 21 heavy (non-hydrogen) atoms. The minimum absolute atomic E-state index is 0.614. The summed E-state index contributed by atoms with van der Waals surface area (Å²) in [7, 11) is 0. The zero-order valence-electron chi connectivity index (χ0n) is 11.9. The Morgan fingerprint density at radius 2 is 2.10 bits per heavy atom. The van der Waals surface area contributed by atoms with Crippen LogP contribution in [-0.4, -0.2) is 47.6 Å². The van der Waals surface area contributed by atoms with Crippen molar-refractivity contribution in [2.24, 2.45) is 0 Å². The summed E-state index contributed by atoms with van der Waals surface area (Å²) in [6.07, 6.45) is 0. The van der Waals surface area contributed by atoms with E-state index in [1.165, 1.54) is 11.5 Å². The summed E-state index contributed by atoms with van der Waals surface area (Å²) >= 11 is 2.02. The minimum Gasteiger partial charge on any atom is -0.368 e. The van der Waals surface area contributed by atoms with Crippen LogP contribution in [0, 0.1) is 11.3 Å². The number of fused-ring (bicyclic) bond motifs is 1. The Morgan fingerprint density at radius 1 is 1.29 bits per heavy atom. The number of thioether (sulfide) groups is 1. The second-order valence-electron chi connectivity index (χ2n) is 5.07. The molecule has 1 aromatic heterocycles. The van der Waals surface area contributed by atoms with Crippen molar-refractivity contribution in [3.63, 3.8) is 0 Å². The molecule has 0 aliphatic carbocycles. The maximum absolute atomic E-state index is 9.28. The number of para-hydroxylation sites is 1. The fourth-order valence-corrected chi connectivity index (χ4v) is 3.47. The van der Waals surface area contributed by atoms with Gasteiger partial charge in [0.25, 0.3) is 0 Å². The van der Waals surface area contributed by atoms with E-state index in [2.05, 4.69) is 21.3 Å².